The van der Waals surface area contributed by atoms with Gasteiger partial charge in [0.2, 0.25) is 0 Å². The normalized spacial score (nSPS) is 10.3. The van der Waals surface area contributed by atoms with Gasteiger partial charge in [-0.2, -0.15) is 0 Å². The first-order valence-corrected chi connectivity index (χ1v) is 5.61. The topological polar surface area (TPSA) is 57.5 Å². The van der Waals surface area contributed by atoms with Crippen molar-refractivity contribution in [2.45, 2.75) is 6.61 Å². The van der Waals surface area contributed by atoms with Crippen LogP contribution in [0.15, 0.2) is 35.7 Å². The van der Waals surface area contributed by atoms with Crippen LogP contribution in [0.1, 0.15) is 15.9 Å². The molecule has 0 saturated carbocycles. The maximum absolute atomic E-state index is 10.9. The van der Waals surface area contributed by atoms with Crippen LogP contribution < -0.4 is 0 Å². The molecule has 0 aliphatic rings. The van der Waals surface area contributed by atoms with Gasteiger partial charge in [0.05, 0.1) is 12.2 Å². The van der Waals surface area contributed by atoms with Crippen molar-refractivity contribution in [2.24, 2.45) is 0 Å². The molecule has 1 aromatic carbocycles. The average molecular weight is 234 g/mol. The quantitative estimate of drug-likeness (QED) is 0.858. The molecular formula is C12H10O3S. The first-order chi connectivity index (χ1) is 7.72. The molecule has 0 atom stereocenters. The fraction of sp³-hybridized carbons (Fsp3) is 0.0833. The number of aromatic carboxylic acids is 1. The Bertz CT molecular complexity index is 499. The summed E-state index contributed by atoms with van der Waals surface area (Å²) in [6.45, 7) is -0.00346. The van der Waals surface area contributed by atoms with Crippen molar-refractivity contribution in [1.29, 1.82) is 0 Å². The lowest BCUT2D eigenvalue weighted by Crippen LogP contribution is -1.95. The van der Waals surface area contributed by atoms with E-state index in [4.69, 9.17) is 10.2 Å². The number of aliphatic hydroxyl groups is 1. The second kappa shape index (κ2) is 4.47. The minimum absolute atomic E-state index is 0.00346. The van der Waals surface area contributed by atoms with Crippen LogP contribution in [0.5, 0.6) is 0 Å². The Morgan fingerprint density at radius 1 is 1.19 bits per heavy atom. The van der Waals surface area contributed by atoms with Crippen molar-refractivity contribution in [2.75, 3.05) is 0 Å². The van der Waals surface area contributed by atoms with Crippen LogP contribution in [0.2, 0.25) is 0 Å². The zero-order valence-corrected chi connectivity index (χ0v) is 9.20. The minimum Gasteiger partial charge on any atom is -0.478 e. The minimum atomic E-state index is -0.914. The molecule has 2 N–H and O–H groups in total. The van der Waals surface area contributed by atoms with Gasteiger partial charge < -0.3 is 10.2 Å². The highest BCUT2D eigenvalue weighted by Crippen LogP contribution is 2.29. The lowest BCUT2D eigenvalue weighted by Gasteiger charge is -2.01. The maximum Gasteiger partial charge on any atom is 0.337 e. The summed E-state index contributed by atoms with van der Waals surface area (Å²) in [4.78, 5) is 11.7. The number of carboxylic acids is 1. The first-order valence-electron chi connectivity index (χ1n) is 4.73. The molecule has 0 aliphatic carbocycles. The highest BCUT2D eigenvalue weighted by molar-refractivity contribution is 7.14. The predicted octanol–water partition coefficient (Wildman–Crippen LogP) is 2.61. The molecule has 0 unspecified atom stereocenters. The van der Waals surface area contributed by atoms with Gasteiger partial charge in [-0.15, -0.1) is 11.3 Å². The Balaban J connectivity index is 2.42. The zero-order chi connectivity index (χ0) is 11.5. The number of carboxylic acid groups (broad SMARTS) is 1. The van der Waals surface area contributed by atoms with E-state index in [0.29, 0.717) is 5.56 Å². The van der Waals surface area contributed by atoms with Gasteiger partial charge >= 0.3 is 5.97 Å². The van der Waals surface area contributed by atoms with Gasteiger partial charge in [-0.25, -0.2) is 4.79 Å². The van der Waals surface area contributed by atoms with E-state index >= 15 is 0 Å². The molecule has 16 heavy (non-hydrogen) atoms. The molecule has 0 bridgehead atoms. The number of thiophene rings is 1. The Morgan fingerprint density at radius 3 is 2.44 bits per heavy atom. The monoisotopic (exact) mass is 234 g/mol. The van der Waals surface area contributed by atoms with Crippen LogP contribution in [0.25, 0.3) is 10.4 Å². The third-order valence-electron chi connectivity index (χ3n) is 2.29. The lowest BCUT2D eigenvalue weighted by molar-refractivity contribution is 0.0698. The zero-order valence-electron chi connectivity index (χ0n) is 8.38. The van der Waals surface area contributed by atoms with Crippen molar-refractivity contribution in [3.63, 3.8) is 0 Å². The average Bonchev–Trinajstić information content (AvgIpc) is 2.78. The number of carbonyl (C=O) groups is 1. The molecule has 0 saturated heterocycles. The molecule has 0 radical (unpaired) electrons. The van der Waals surface area contributed by atoms with Crippen molar-refractivity contribution >= 4 is 17.3 Å². The summed E-state index contributed by atoms with van der Waals surface area (Å²) in [6, 6.07) is 8.83. The maximum atomic E-state index is 10.9. The molecule has 2 rings (SSSR count). The number of hydrogen-bond acceptors (Lipinski definition) is 3. The highest BCUT2D eigenvalue weighted by Gasteiger charge is 2.12. The van der Waals surface area contributed by atoms with E-state index in [2.05, 4.69) is 0 Å². The number of aliphatic hydroxyl groups excluding tert-OH is 1. The molecule has 82 valence electrons. The van der Waals surface area contributed by atoms with Gasteiger partial charge in [-0.3, -0.25) is 0 Å². The molecule has 0 spiro atoms. The van der Waals surface area contributed by atoms with Crippen molar-refractivity contribution in [1.82, 2.24) is 0 Å². The first kappa shape index (κ1) is 10.9. The SMILES string of the molecule is O=C(O)c1ccsc1-c1ccc(CO)cc1. The van der Waals surface area contributed by atoms with E-state index < -0.39 is 5.97 Å². The number of rotatable bonds is 3. The summed E-state index contributed by atoms with van der Waals surface area (Å²) in [5.74, 6) is -0.914. The molecule has 0 fully saturated rings. The summed E-state index contributed by atoms with van der Waals surface area (Å²) >= 11 is 1.40. The lowest BCUT2D eigenvalue weighted by atomic mass is 10.1. The third-order valence-corrected chi connectivity index (χ3v) is 3.26. The van der Waals surface area contributed by atoms with E-state index in [-0.39, 0.29) is 6.61 Å². The van der Waals surface area contributed by atoms with Gasteiger partial charge in [0.15, 0.2) is 0 Å². The molecule has 1 heterocycles. The van der Waals surface area contributed by atoms with Crippen molar-refractivity contribution in [3.8, 4) is 10.4 Å². The van der Waals surface area contributed by atoms with Crippen LogP contribution in [-0.2, 0) is 6.61 Å². The molecule has 4 heteroatoms. The summed E-state index contributed by atoms with van der Waals surface area (Å²) in [5.41, 5.74) is 2.00. The smallest absolute Gasteiger partial charge is 0.337 e. The van der Waals surface area contributed by atoms with Gasteiger partial charge in [-0.05, 0) is 22.6 Å². The van der Waals surface area contributed by atoms with E-state index in [1.807, 2.05) is 12.1 Å². The van der Waals surface area contributed by atoms with Gasteiger partial charge in [0.25, 0.3) is 0 Å². The Morgan fingerprint density at radius 2 is 1.88 bits per heavy atom. The van der Waals surface area contributed by atoms with Gasteiger partial charge in [-0.1, -0.05) is 24.3 Å². The van der Waals surface area contributed by atoms with Crippen LogP contribution in [-0.4, -0.2) is 16.2 Å². The molecule has 0 aliphatic heterocycles. The number of benzene rings is 1. The van der Waals surface area contributed by atoms with Gasteiger partial charge in [0, 0.05) is 4.88 Å². The van der Waals surface area contributed by atoms with E-state index in [1.54, 1.807) is 23.6 Å². The van der Waals surface area contributed by atoms with E-state index in [1.165, 1.54) is 11.3 Å². The second-order valence-electron chi connectivity index (χ2n) is 3.32. The molecule has 0 amide bonds. The van der Waals surface area contributed by atoms with Crippen LogP contribution >= 0.6 is 11.3 Å². The summed E-state index contributed by atoms with van der Waals surface area (Å²) in [7, 11) is 0. The van der Waals surface area contributed by atoms with Crippen LogP contribution in [0.3, 0.4) is 0 Å². The van der Waals surface area contributed by atoms with E-state index in [9.17, 15) is 4.79 Å². The third kappa shape index (κ3) is 1.98. The van der Waals surface area contributed by atoms with Gasteiger partial charge in [0.1, 0.15) is 0 Å². The molecular weight excluding hydrogens is 224 g/mol. The Labute approximate surface area is 96.6 Å². The van der Waals surface area contributed by atoms with Crippen molar-refractivity contribution in [3.05, 3.63) is 46.8 Å². The fourth-order valence-electron chi connectivity index (χ4n) is 1.46. The molecule has 2 aromatic rings. The highest BCUT2D eigenvalue weighted by atomic mass is 32.1. The summed E-state index contributed by atoms with van der Waals surface area (Å²) in [6.07, 6.45) is 0. The van der Waals surface area contributed by atoms with Crippen LogP contribution in [0.4, 0.5) is 0 Å². The Hall–Kier alpha value is -1.65. The largest absolute Gasteiger partial charge is 0.478 e. The fourth-order valence-corrected chi connectivity index (χ4v) is 2.36. The predicted molar refractivity (Wildman–Crippen MR) is 62.6 cm³/mol. The summed E-state index contributed by atoms with van der Waals surface area (Å²) in [5, 5.41) is 19.7. The second-order valence-corrected chi connectivity index (χ2v) is 4.24. The summed E-state index contributed by atoms with van der Waals surface area (Å²) < 4.78 is 0. The van der Waals surface area contributed by atoms with Crippen LogP contribution in [0, 0.1) is 0 Å². The Kier molecular flexibility index (Phi) is 3.03. The molecule has 3 nitrogen and oxygen atoms in total. The van der Waals surface area contributed by atoms with Crippen molar-refractivity contribution < 1.29 is 15.0 Å². The standard InChI is InChI=1S/C12H10O3S/c13-7-8-1-3-9(4-2-8)11-10(12(14)15)5-6-16-11/h1-6,13H,7H2,(H,14,15). The van der Waals surface area contributed by atoms with E-state index in [0.717, 1.165) is 16.0 Å². The number of hydrogen-bond donors (Lipinski definition) is 2. The molecule has 1 aromatic heterocycles.